The fourth-order valence-corrected chi connectivity index (χ4v) is 4.36. The highest BCUT2D eigenvalue weighted by molar-refractivity contribution is 7.99. The third-order valence-corrected chi connectivity index (χ3v) is 6.44. The van der Waals surface area contributed by atoms with E-state index in [0.29, 0.717) is 39.2 Å². The maximum absolute atomic E-state index is 12.4. The number of esters is 1. The van der Waals surface area contributed by atoms with E-state index in [9.17, 15) is 9.59 Å². The Morgan fingerprint density at radius 1 is 1.21 bits per heavy atom. The number of anilines is 1. The topological polar surface area (TPSA) is 108 Å². The molecule has 0 saturated carbocycles. The van der Waals surface area contributed by atoms with E-state index in [4.69, 9.17) is 9.47 Å². The Balaban J connectivity index is 1.58. The molecule has 0 spiro atoms. The zero-order valence-corrected chi connectivity index (χ0v) is 20.9. The Hall–Kier alpha value is -2.92. The molecule has 3 rings (SSSR count). The molecule has 1 amide bonds. The average Bonchev–Trinajstić information content (AvgIpc) is 3.33. The number of benzene rings is 1. The lowest BCUT2D eigenvalue weighted by Crippen LogP contribution is -2.14. The van der Waals surface area contributed by atoms with E-state index >= 15 is 0 Å². The minimum absolute atomic E-state index is 0.126. The van der Waals surface area contributed by atoms with Gasteiger partial charge in [-0.3, -0.25) is 4.79 Å². The number of ether oxygens (including phenoxy) is 2. The van der Waals surface area contributed by atoms with Gasteiger partial charge in [-0.15, -0.1) is 10.2 Å². The molecule has 0 saturated heterocycles. The number of thioether (sulfide) groups is 1. The SMILES string of the molecule is CCOC(=O)c1sc(NC(=O)CSc2nnc(-c3ccc(OCC(C)C)cc3)n2C)nc1C. The smallest absolute Gasteiger partial charge is 0.350 e. The van der Waals surface area contributed by atoms with Crippen molar-refractivity contribution in [2.45, 2.75) is 32.9 Å². The molecule has 11 heteroatoms. The van der Waals surface area contributed by atoms with Crippen LogP contribution in [0, 0.1) is 12.8 Å². The van der Waals surface area contributed by atoms with Crippen molar-refractivity contribution in [3.63, 3.8) is 0 Å². The molecule has 0 radical (unpaired) electrons. The normalized spacial score (nSPS) is 11.0. The quantitative estimate of drug-likeness (QED) is 0.334. The molecule has 1 N–H and O–H groups in total. The van der Waals surface area contributed by atoms with E-state index < -0.39 is 5.97 Å². The van der Waals surface area contributed by atoms with E-state index in [0.717, 1.165) is 22.6 Å². The maximum atomic E-state index is 12.4. The Morgan fingerprint density at radius 3 is 2.61 bits per heavy atom. The predicted molar refractivity (Wildman–Crippen MR) is 129 cm³/mol. The lowest BCUT2D eigenvalue weighted by Gasteiger charge is -2.09. The number of carbonyl (C=O) groups excluding carboxylic acids is 2. The Morgan fingerprint density at radius 2 is 1.94 bits per heavy atom. The van der Waals surface area contributed by atoms with Crippen LogP contribution >= 0.6 is 23.1 Å². The van der Waals surface area contributed by atoms with Gasteiger partial charge in [0.15, 0.2) is 16.1 Å². The van der Waals surface area contributed by atoms with Crippen LogP contribution in [-0.2, 0) is 16.6 Å². The van der Waals surface area contributed by atoms with Crippen LogP contribution in [-0.4, -0.2) is 50.6 Å². The largest absolute Gasteiger partial charge is 0.493 e. The van der Waals surface area contributed by atoms with Crippen molar-refractivity contribution >= 4 is 40.1 Å². The molecule has 0 aliphatic heterocycles. The number of aryl methyl sites for hydroxylation is 1. The fourth-order valence-electron chi connectivity index (χ4n) is 2.78. The number of aromatic nitrogens is 4. The summed E-state index contributed by atoms with van der Waals surface area (Å²) in [5.41, 5.74) is 1.43. The highest BCUT2D eigenvalue weighted by atomic mass is 32.2. The summed E-state index contributed by atoms with van der Waals surface area (Å²) in [6.07, 6.45) is 0. The van der Waals surface area contributed by atoms with Gasteiger partial charge in [0.1, 0.15) is 10.6 Å². The standard InChI is InChI=1S/C22H27N5O4S2/c1-6-30-20(29)18-14(4)23-21(33-18)24-17(28)12-32-22-26-25-19(27(22)5)15-7-9-16(10-8-15)31-11-13(2)3/h7-10,13H,6,11-12H2,1-5H3,(H,23,24,28). The van der Waals surface area contributed by atoms with Gasteiger partial charge in [0, 0.05) is 12.6 Å². The van der Waals surface area contributed by atoms with Crippen molar-refractivity contribution in [2.75, 3.05) is 24.3 Å². The van der Waals surface area contributed by atoms with Gasteiger partial charge in [0.05, 0.1) is 24.7 Å². The summed E-state index contributed by atoms with van der Waals surface area (Å²) >= 11 is 2.37. The first-order valence-corrected chi connectivity index (χ1v) is 12.3. The minimum Gasteiger partial charge on any atom is -0.493 e. The molecule has 0 aliphatic rings. The fraction of sp³-hybridized carbons (Fsp3) is 0.409. The molecule has 0 fully saturated rings. The van der Waals surface area contributed by atoms with Crippen molar-refractivity contribution in [2.24, 2.45) is 13.0 Å². The molecule has 33 heavy (non-hydrogen) atoms. The van der Waals surface area contributed by atoms with Crippen LogP contribution in [0.15, 0.2) is 29.4 Å². The molecular weight excluding hydrogens is 462 g/mol. The van der Waals surface area contributed by atoms with Gasteiger partial charge < -0.3 is 19.4 Å². The Labute approximate surface area is 200 Å². The van der Waals surface area contributed by atoms with Crippen LogP contribution in [0.4, 0.5) is 5.13 Å². The summed E-state index contributed by atoms with van der Waals surface area (Å²) in [5, 5.41) is 12.2. The Kier molecular flexibility index (Phi) is 8.45. The number of thiazole rings is 1. The molecule has 176 valence electrons. The van der Waals surface area contributed by atoms with Gasteiger partial charge in [0.25, 0.3) is 0 Å². The molecule has 9 nitrogen and oxygen atoms in total. The monoisotopic (exact) mass is 489 g/mol. The van der Waals surface area contributed by atoms with Crippen molar-refractivity contribution in [1.29, 1.82) is 0 Å². The molecule has 2 heterocycles. The molecule has 0 atom stereocenters. The Bertz CT molecular complexity index is 1110. The lowest BCUT2D eigenvalue weighted by atomic mass is 10.2. The number of nitrogens with zero attached hydrogens (tertiary/aromatic N) is 4. The molecule has 1 aromatic carbocycles. The van der Waals surface area contributed by atoms with Crippen molar-refractivity contribution in [3.05, 3.63) is 34.8 Å². The molecular formula is C22H27N5O4S2. The van der Waals surface area contributed by atoms with Gasteiger partial charge in [-0.2, -0.15) is 0 Å². The van der Waals surface area contributed by atoms with Gasteiger partial charge in [-0.25, -0.2) is 9.78 Å². The average molecular weight is 490 g/mol. The van der Waals surface area contributed by atoms with Gasteiger partial charge in [-0.05, 0) is 44.0 Å². The number of amides is 1. The maximum Gasteiger partial charge on any atom is 0.350 e. The first kappa shape index (κ1) is 24.7. The molecule has 0 unspecified atom stereocenters. The van der Waals surface area contributed by atoms with Crippen molar-refractivity contribution in [1.82, 2.24) is 19.7 Å². The van der Waals surface area contributed by atoms with Crippen LogP contribution in [0.1, 0.15) is 36.1 Å². The zero-order valence-electron chi connectivity index (χ0n) is 19.2. The second-order valence-corrected chi connectivity index (χ2v) is 9.53. The number of hydrogen-bond donors (Lipinski definition) is 1. The molecule has 2 aromatic heterocycles. The number of hydrogen-bond acceptors (Lipinski definition) is 9. The third-order valence-electron chi connectivity index (χ3n) is 4.37. The van der Waals surface area contributed by atoms with Crippen LogP contribution in [0.3, 0.4) is 0 Å². The molecule has 0 bridgehead atoms. The van der Waals surface area contributed by atoms with E-state index in [1.807, 2.05) is 35.9 Å². The highest BCUT2D eigenvalue weighted by Crippen LogP contribution is 2.26. The second-order valence-electron chi connectivity index (χ2n) is 7.59. The van der Waals surface area contributed by atoms with Crippen LogP contribution < -0.4 is 10.1 Å². The van der Waals surface area contributed by atoms with Crippen molar-refractivity contribution < 1.29 is 19.1 Å². The van der Waals surface area contributed by atoms with Crippen molar-refractivity contribution in [3.8, 4) is 17.1 Å². The summed E-state index contributed by atoms with van der Waals surface area (Å²) in [6, 6.07) is 7.69. The highest BCUT2D eigenvalue weighted by Gasteiger charge is 2.18. The van der Waals surface area contributed by atoms with Gasteiger partial charge >= 0.3 is 5.97 Å². The first-order valence-electron chi connectivity index (χ1n) is 10.5. The lowest BCUT2D eigenvalue weighted by molar-refractivity contribution is -0.113. The molecule has 0 aliphatic carbocycles. The summed E-state index contributed by atoms with van der Waals surface area (Å²) in [4.78, 5) is 28.9. The minimum atomic E-state index is -0.437. The summed E-state index contributed by atoms with van der Waals surface area (Å²) in [5.74, 6) is 1.40. The predicted octanol–water partition coefficient (Wildman–Crippen LogP) is 4.19. The van der Waals surface area contributed by atoms with Crippen LogP contribution in [0.25, 0.3) is 11.4 Å². The number of rotatable bonds is 10. The molecule has 3 aromatic rings. The summed E-state index contributed by atoms with van der Waals surface area (Å²) in [6.45, 7) is 8.60. The summed E-state index contributed by atoms with van der Waals surface area (Å²) in [7, 11) is 1.86. The van der Waals surface area contributed by atoms with E-state index in [2.05, 4.69) is 34.3 Å². The summed E-state index contributed by atoms with van der Waals surface area (Å²) < 4.78 is 12.6. The van der Waals surface area contributed by atoms with Crippen LogP contribution in [0.2, 0.25) is 0 Å². The van der Waals surface area contributed by atoms with Gasteiger partial charge in [-0.1, -0.05) is 36.9 Å². The first-order chi connectivity index (χ1) is 15.8. The van der Waals surface area contributed by atoms with Crippen LogP contribution in [0.5, 0.6) is 5.75 Å². The van der Waals surface area contributed by atoms with E-state index in [1.54, 1.807) is 13.8 Å². The van der Waals surface area contributed by atoms with E-state index in [-0.39, 0.29) is 18.3 Å². The second kappa shape index (κ2) is 11.3. The third kappa shape index (κ3) is 6.55. The number of nitrogens with one attached hydrogen (secondary N) is 1. The number of carbonyl (C=O) groups is 2. The van der Waals surface area contributed by atoms with Gasteiger partial charge in [0.2, 0.25) is 5.91 Å². The van der Waals surface area contributed by atoms with E-state index in [1.165, 1.54) is 11.8 Å². The zero-order chi connectivity index (χ0) is 24.0.